The van der Waals surface area contributed by atoms with Crippen LogP contribution in [0.3, 0.4) is 0 Å². The van der Waals surface area contributed by atoms with Crippen LogP contribution >= 0.6 is 11.3 Å². The molecule has 9 nitrogen and oxygen atoms in total. The highest BCUT2D eigenvalue weighted by atomic mass is 32.1. The van der Waals surface area contributed by atoms with Crippen molar-refractivity contribution in [3.63, 3.8) is 0 Å². The minimum Gasteiger partial charge on any atom is -0.493 e. The first kappa shape index (κ1) is 26.5. The van der Waals surface area contributed by atoms with Crippen LogP contribution in [0.1, 0.15) is 32.2 Å². The molecule has 202 valence electrons. The highest BCUT2D eigenvalue weighted by Gasteiger charge is 2.17. The van der Waals surface area contributed by atoms with Gasteiger partial charge >= 0.3 is 0 Å². The van der Waals surface area contributed by atoms with E-state index in [0.717, 1.165) is 46.2 Å². The smallest absolute Gasteiger partial charge is 0.271 e. The molecule has 5 rings (SSSR count). The van der Waals surface area contributed by atoms with Crippen LogP contribution in [-0.2, 0) is 26.1 Å². The zero-order valence-corrected chi connectivity index (χ0v) is 22.7. The average molecular weight is 547 g/mol. The molecule has 2 aromatic carbocycles. The number of pyridine rings is 1. The number of nitrogens with one attached hydrogen (secondary N) is 1. The van der Waals surface area contributed by atoms with E-state index in [1.54, 1.807) is 26.6 Å². The van der Waals surface area contributed by atoms with Gasteiger partial charge in [-0.2, -0.15) is 0 Å². The molecular weight excluding hydrogens is 516 g/mol. The van der Waals surface area contributed by atoms with Crippen LogP contribution in [0.2, 0.25) is 0 Å². The molecule has 0 bridgehead atoms. The predicted octanol–water partition coefficient (Wildman–Crippen LogP) is 4.46. The molecule has 1 N–H and O–H groups in total. The Morgan fingerprint density at radius 1 is 0.949 bits per heavy atom. The molecule has 2 aromatic heterocycles. The summed E-state index contributed by atoms with van der Waals surface area (Å²) in [6, 6.07) is 15.7. The fourth-order valence-corrected chi connectivity index (χ4v) is 5.10. The van der Waals surface area contributed by atoms with Crippen molar-refractivity contribution < 1.29 is 23.7 Å². The maximum Gasteiger partial charge on any atom is 0.271 e. The normalized spacial score (nSPS) is 12.0. The highest BCUT2D eigenvalue weighted by Crippen LogP contribution is 2.33. The Labute approximate surface area is 231 Å². The first-order valence-electron chi connectivity index (χ1n) is 12.5. The molecule has 0 saturated carbocycles. The number of benzene rings is 2. The van der Waals surface area contributed by atoms with Crippen LogP contribution in [0, 0.1) is 0 Å². The molecule has 1 amide bonds. The average Bonchev–Trinajstić information content (AvgIpc) is 3.64. The zero-order valence-electron chi connectivity index (χ0n) is 21.9. The third-order valence-corrected chi connectivity index (χ3v) is 7.19. The van der Waals surface area contributed by atoms with E-state index >= 15 is 0 Å². The fourth-order valence-electron chi connectivity index (χ4n) is 4.29. The number of hydrogen-bond acceptors (Lipinski definition) is 9. The maximum atomic E-state index is 12.7. The van der Waals surface area contributed by atoms with Gasteiger partial charge in [0.15, 0.2) is 23.0 Å². The molecule has 39 heavy (non-hydrogen) atoms. The summed E-state index contributed by atoms with van der Waals surface area (Å²) in [6.07, 6.45) is 4.22. The van der Waals surface area contributed by atoms with Crippen LogP contribution in [0.15, 0.2) is 66.3 Å². The van der Waals surface area contributed by atoms with Crippen LogP contribution in [0.5, 0.6) is 23.0 Å². The number of aromatic nitrogens is 2. The highest BCUT2D eigenvalue weighted by molar-refractivity contribution is 7.09. The van der Waals surface area contributed by atoms with E-state index in [1.807, 2.05) is 41.8 Å². The van der Waals surface area contributed by atoms with Crippen molar-refractivity contribution >= 4 is 17.2 Å². The van der Waals surface area contributed by atoms with Gasteiger partial charge in [-0.05, 0) is 59.5 Å². The largest absolute Gasteiger partial charge is 0.493 e. The van der Waals surface area contributed by atoms with Crippen molar-refractivity contribution in [2.45, 2.75) is 26.1 Å². The van der Waals surface area contributed by atoms with Crippen LogP contribution in [0.25, 0.3) is 0 Å². The van der Waals surface area contributed by atoms with Gasteiger partial charge in [-0.3, -0.25) is 14.7 Å². The number of nitrogens with zero attached hydrogens (tertiary/aromatic N) is 3. The minimum absolute atomic E-state index is 0.193. The molecule has 10 heteroatoms. The van der Waals surface area contributed by atoms with Gasteiger partial charge in [0.2, 0.25) is 6.79 Å². The standard InChI is InChI=1S/C29H30N4O5S/c1-35-24-5-3-20(13-26(24)36-2)9-12-33(16-22-4-6-25-27(14-22)38-19-37-25)17-28-32-23(18-39-28)29(34)31-15-21-7-10-30-11-8-21/h3-8,10-11,13-14,18H,9,12,15-17,19H2,1-2H3,(H,31,34). The summed E-state index contributed by atoms with van der Waals surface area (Å²) in [5.74, 6) is 2.74. The van der Waals surface area contributed by atoms with Crippen LogP contribution in [-0.4, -0.2) is 48.3 Å². The number of methoxy groups -OCH3 is 2. The number of amides is 1. The monoisotopic (exact) mass is 546 g/mol. The molecule has 0 spiro atoms. The van der Waals surface area contributed by atoms with Gasteiger partial charge in [0, 0.05) is 37.4 Å². The van der Waals surface area contributed by atoms with Crippen molar-refractivity contribution in [1.82, 2.24) is 20.2 Å². The van der Waals surface area contributed by atoms with E-state index in [0.29, 0.717) is 36.8 Å². The molecule has 0 atom stereocenters. The number of carbonyl (C=O) groups excluding carboxylic acids is 1. The molecule has 1 aliphatic heterocycles. The van der Waals surface area contributed by atoms with E-state index in [9.17, 15) is 4.79 Å². The molecular formula is C29H30N4O5S. The molecule has 1 aliphatic rings. The van der Waals surface area contributed by atoms with Crippen LogP contribution < -0.4 is 24.3 Å². The summed E-state index contributed by atoms with van der Waals surface area (Å²) in [7, 11) is 3.27. The van der Waals surface area contributed by atoms with Crippen molar-refractivity contribution in [3.8, 4) is 23.0 Å². The molecule has 4 aromatic rings. The summed E-state index contributed by atoms with van der Waals surface area (Å²) in [6.45, 7) is 2.73. The number of ether oxygens (including phenoxy) is 4. The number of hydrogen-bond donors (Lipinski definition) is 1. The number of thiazole rings is 1. The summed E-state index contributed by atoms with van der Waals surface area (Å²) in [4.78, 5) is 23.7. The van der Waals surface area contributed by atoms with Crippen molar-refractivity contribution in [2.24, 2.45) is 0 Å². The Hall–Kier alpha value is -4.15. The second-order valence-corrected chi connectivity index (χ2v) is 9.94. The van der Waals surface area contributed by atoms with Gasteiger partial charge in [-0.1, -0.05) is 12.1 Å². The van der Waals surface area contributed by atoms with Crippen molar-refractivity contribution in [1.29, 1.82) is 0 Å². The lowest BCUT2D eigenvalue weighted by Crippen LogP contribution is -2.26. The van der Waals surface area contributed by atoms with E-state index in [1.165, 1.54) is 11.3 Å². The maximum absolute atomic E-state index is 12.7. The Morgan fingerprint density at radius 3 is 2.56 bits per heavy atom. The van der Waals surface area contributed by atoms with E-state index in [-0.39, 0.29) is 12.7 Å². The lowest BCUT2D eigenvalue weighted by atomic mass is 10.1. The van der Waals surface area contributed by atoms with Gasteiger partial charge < -0.3 is 24.3 Å². The zero-order chi connectivity index (χ0) is 27.0. The molecule has 0 radical (unpaired) electrons. The minimum atomic E-state index is -0.193. The number of fused-ring (bicyclic) bond motifs is 1. The first-order chi connectivity index (χ1) is 19.1. The Bertz CT molecular complexity index is 1410. The molecule has 0 fully saturated rings. The third-order valence-electron chi connectivity index (χ3n) is 6.35. The topological polar surface area (TPSA) is 95.0 Å². The molecule has 0 aliphatic carbocycles. The van der Waals surface area contributed by atoms with Crippen molar-refractivity contribution in [3.05, 3.63) is 93.7 Å². The summed E-state index contributed by atoms with van der Waals surface area (Å²) in [5.41, 5.74) is 3.66. The Balaban J connectivity index is 1.27. The first-order valence-corrected chi connectivity index (χ1v) is 13.4. The quantitative estimate of drug-likeness (QED) is 0.278. The summed E-state index contributed by atoms with van der Waals surface area (Å²) >= 11 is 1.49. The van der Waals surface area contributed by atoms with E-state index in [4.69, 9.17) is 18.9 Å². The predicted molar refractivity (Wildman–Crippen MR) is 147 cm³/mol. The van der Waals surface area contributed by atoms with Crippen molar-refractivity contribution in [2.75, 3.05) is 27.6 Å². The Kier molecular flexibility index (Phi) is 8.55. The second kappa shape index (κ2) is 12.6. The fraction of sp³-hybridized carbons (Fsp3) is 0.276. The summed E-state index contributed by atoms with van der Waals surface area (Å²) in [5, 5.41) is 5.61. The second-order valence-electron chi connectivity index (χ2n) is 9.00. The van der Waals surface area contributed by atoms with E-state index in [2.05, 4.69) is 32.3 Å². The number of rotatable bonds is 12. The molecule has 3 heterocycles. The van der Waals surface area contributed by atoms with Gasteiger partial charge in [0.25, 0.3) is 5.91 Å². The lowest BCUT2D eigenvalue weighted by Gasteiger charge is -2.22. The third kappa shape index (κ3) is 6.84. The number of carbonyl (C=O) groups is 1. The van der Waals surface area contributed by atoms with Gasteiger partial charge in [-0.25, -0.2) is 4.98 Å². The molecule has 0 saturated heterocycles. The van der Waals surface area contributed by atoms with Gasteiger partial charge in [0.1, 0.15) is 10.7 Å². The lowest BCUT2D eigenvalue weighted by molar-refractivity contribution is 0.0946. The van der Waals surface area contributed by atoms with Gasteiger partial charge in [-0.15, -0.1) is 11.3 Å². The van der Waals surface area contributed by atoms with E-state index < -0.39 is 0 Å². The van der Waals surface area contributed by atoms with Crippen LogP contribution in [0.4, 0.5) is 0 Å². The summed E-state index contributed by atoms with van der Waals surface area (Å²) < 4.78 is 21.9. The molecule has 0 unspecified atom stereocenters. The van der Waals surface area contributed by atoms with Gasteiger partial charge in [0.05, 0.1) is 20.8 Å². The SMILES string of the molecule is COc1ccc(CCN(Cc2ccc3c(c2)OCO3)Cc2nc(C(=O)NCc3ccncc3)cs2)cc1OC. The Morgan fingerprint density at radius 2 is 1.74 bits per heavy atom.